The van der Waals surface area contributed by atoms with Crippen molar-refractivity contribution in [2.24, 2.45) is 5.73 Å². The summed E-state index contributed by atoms with van der Waals surface area (Å²) in [4.78, 5) is 30.0. The lowest BCUT2D eigenvalue weighted by Gasteiger charge is -2.39. The van der Waals surface area contributed by atoms with Crippen LogP contribution in [0.15, 0.2) is 30.6 Å². The molecule has 2 amide bonds. The van der Waals surface area contributed by atoms with Gasteiger partial charge in [0.25, 0.3) is 11.8 Å². The van der Waals surface area contributed by atoms with E-state index in [0.29, 0.717) is 12.1 Å². The van der Waals surface area contributed by atoms with Crippen LogP contribution in [-0.2, 0) is 0 Å². The quantitative estimate of drug-likeness (QED) is 0.833. The van der Waals surface area contributed by atoms with Crippen LogP contribution in [0.25, 0.3) is 5.69 Å². The largest absolute Gasteiger partial charge is 0.364 e. The zero-order valence-corrected chi connectivity index (χ0v) is 10.6. The second kappa shape index (κ2) is 3.69. The Morgan fingerprint density at radius 1 is 1.35 bits per heavy atom. The van der Waals surface area contributed by atoms with Gasteiger partial charge in [-0.25, -0.2) is 4.98 Å². The van der Waals surface area contributed by atoms with Gasteiger partial charge in [-0.15, -0.1) is 0 Å². The highest BCUT2D eigenvalue weighted by Crippen LogP contribution is 2.40. The average Bonchev–Trinajstić information content (AvgIpc) is 2.79. The molecule has 0 bridgehead atoms. The van der Waals surface area contributed by atoms with Crippen LogP contribution in [0.1, 0.15) is 39.0 Å². The molecule has 2 aromatic rings. The Morgan fingerprint density at radius 2 is 2.15 bits per heavy atom. The predicted octanol–water partition coefficient (Wildman–Crippen LogP) is 0.872. The fraction of sp³-hybridized carbons (Fsp3) is 0.214. The molecule has 2 N–H and O–H groups in total. The highest BCUT2D eigenvalue weighted by Gasteiger charge is 2.42. The van der Waals surface area contributed by atoms with Crippen molar-refractivity contribution in [3.63, 3.8) is 0 Å². The standard InChI is InChI=1S/C14H12N4O2/c15-13(19)11-12-10-5-6-17(10)14(20)8-3-1-2-4-9(8)18(12)7-16-11/h1-4,7,10H,5-6H2,(H2,15,19). The van der Waals surface area contributed by atoms with Gasteiger partial charge in [-0.05, 0) is 18.6 Å². The second-order valence-corrected chi connectivity index (χ2v) is 5.03. The third kappa shape index (κ3) is 1.25. The van der Waals surface area contributed by atoms with Crippen LogP contribution in [0.5, 0.6) is 0 Å². The third-order valence-corrected chi connectivity index (χ3v) is 4.03. The van der Waals surface area contributed by atoms with Crippen molar-refractivity contribution in [3.05, 3.63) is 47.5 Å². The number of hydrogen-bond acceptors (Lipinski definition) is 3. The van der Waals surface area contributed by atoms with Crippen molar-refractivity contribution in [2.45, 2.75) is 12.5 Å². The second-order valence-electron chi connectivity index (χ2n) is 5.03. The maximum atomic E-state index is 12.5. The first kappa shape index (κ1) is 11.2. The van der Waals surface area contributed by atoms with Gasteiger partial charge in [0.1, 0.15) is 6.33 Å². The van der Waals surface area contributed by atoms with Gasteiger partial charge in [0.2, 0.25) is 0 Å². The molecule has 100 valence electrons. The number of imidazole rings is 1. The molecule has 0 radical (unpaired) electrons. The molecule has 1 aromatic heterocycles. The minimum absolute atomic E-state index is 0.00373. The highest BCUT2D eigenvalue weighted by molar-refractivity contribution is 6.00. The van der Waals surface area contributed by atoms with Crippen molar-refractivity contribution >= 4 is 11.8 Å². The number of carbonyl (C=O) groups is 2. The molecule has 2 aliphatic heterocycles. The molecule has 6 heteroatoms. The van der Waals surface area contributed by atoms with Gasteiger partial charge in [0.15, 0.2) is 5.69 Å². The number of nitrogens with zero attached hydrogens (tertiary/aromatic N) is 3. The van der Waals surface area contributed by atoms with E-state index in [9.17, 15) is 9.59 Å². The van der Waals surface area contributed by atoms with Crippen molar-refractivity contribution in [1.29, 1.82) is 0 Å². The summed E-state index contributed by atoms with van der Waals surface area (Å²) in [6, 6.07) is 7.24. The molecule has 2 aliphatic rings. The first-order valence-electron chi connectivity index (χ1n) is 6.46. The van der Waals surface area contributed by atoms with E-state index in [1.165, 1.54) is 0 Å². The SMILES string of the molecule is NC(=O)c1ncn2c1C1CCN1C(=O)c1ccccc1-2. The van der Waals surface area contributed by atoms with Gasteiger partial charge >= 0.3 is 0 Å². The van der Waals surface area contributed by atoms with E-state index in [0.717, 1.165) is 17.8 Å². The molecule has 3 heterocycles. The Morgan fingerprint density at radius 3 is 2.85 bits per heavy atom. The number of fused-ring (bicyclic) bond motifs is 5. The molecule has 1 atom stereocenters. The van der Waals surface area contributed by atoms with E-state index >= 15 is 0 Å². The van der Waals surface area contributed by atoms with E-state index in [1.807, 2.05) is 22.8 Å². The molecule has 1 fully saturated rings. The lowest BCUT2D eigenvalue weighted by molar-refractivity contribution is 0.0456. The summed E-state index contributed by atoms with van der Waals surface area (Å²) in [5.74, 6) is -0.562. The van der Waals surface area contributed by atoms with Gasteiger partial charge < -0.3 is 10.6 Å². The summed E-state index contributed by atoms with van der Waals surface area (Å²) in [6.45, 7) is 0.696. The number of nitrogens with two attached hydrogens (primary N) is 1. The van der Waals surface area contributed by atoms with Crippen LogP contribution in [0.4, 0.5) is 0 Å². The van der Waals surface area contributed by atoms with E-state index in [-0.39, 0.29) is 17.6 Å². The molecule has 6 nitrogen and oxygen atoms in total. The van der Waals surface area contributed by atoms with Crippen LogP contribution in [-0.4, -0.2) is 32.8 Å². The third-order valence-electron chi connectivity index (χ3n) is 4.03. The number of benzene rings is 1. The minimum Gasteiger partial charge on any atom is -0.364 e. The zero-order valence-electron chi connectivity index (χ0n) is 10.6. The summed E-state index contributed by atoms with van der Waals surface area (Å²) in [5.41, 5.74) is 7.76. The van der Waals surface area contributed by atoms with Crippen molar-refractivity contribution in [3.8, 4) is 5.69 Å². The number of para-hydroxylation sites is 1. The number of carbonyl (C=O) groups excluding carboxylic acids is 2. The summed E-state index contributed by atoms with van der Waals surface area (Å²) < 4.78 is 1.82. The number of amides is 2. The van der Waals surface area contributed by atoms with Crippen LogP contribution in [0.2, 0.25) is 0 Å². The van der Waals surface area contributed by atoms with E-state index in [2.05, 4.69) is 4.98 Å². The summed E-state index contributed by atoms with van der Waals surface area (Å²) in [5, 5.41) is 0. The molecule has 20 heavy (non-hydrogen) atoms. The van der Waals surface area contributed by atoms with Gasteiger partial charge in [0.05, 0.1) is 23.0 Å². The van der Waals surface area contributed by atoms with Gasteiger partial charge in [0, 0.05) is 6.54 Å². The van der Waals surface area contributed by atoms with E-state index in [1.54, 1.807) is 17.3 Å². The molecule has 4 rings (SSSR count). The molecule has 0 saturated carbocycles. The fourth-order valence-corrected chi connectivity index (χ4v) is 2.99. The van der Waals surface area contributed by atoms with Crippen LogP contribution >= 0.6 is 0 Å². The minimum atomic E-state index is -0.558. The molecule has 0 aliphatic carbocycles. The summed E-state index contributed by atoms with van der Waals surface area (Å²) in [7, 11) is 0. The van der Waals surface area contributed by atoms with E-state index < -0.39 is 5.91 Å². The molecular formula is C14H12N4O2. The Bertz CT molecular complexity index is 749. The number of hydrogen-bond donors (Lipinski definition) is 1. The Labute approximate surface area is 114 Å². The van der Waals surface area contributed by atoms with Crippen LogP contribution in [0, 0.1) is 0 Å². The molecule has 0 spiro atoms. The van der Waals surface area contributed by atoms with Crippen molar-refractivity contribution in [1.82, 2.24) is 14.5 Å². The summed E-state index contributed by atoms with van der Waals surface area (Å²) >= 11 is 0. The predicted molar refractivity (Wildman–Crippen MR) is 70.5 cm³/mol. The molecule has 1 saturated heterocycles. The number of rotatable bonds is 1. The number of primary amides is 1. The van der Waals surface area contributed by atoms with Crippen molar-refractivity contribution < 1.29 is 9.59 Å². The maximum absolute atomic E-state index is 12.5. The first-order valence-corrected chi connectivity index (χ1v) is 6.46. The number of aromatic nitrogens is 2. The smallest absolute Gasteiger partial charge is 0.269 e. The average molecular weight is 268 g/mol. The molecule has 1 unspecified atom stereocenters. The highest BCUT2D eigenvalue weighted by atomic mass is 16.2. The lowest BCUT2D eigenvalue weighted by atomic mass is 9.97. The zero-order chi connectivity index (χ0) is 13.9. The monoisotopic (exact) mass is 268 g/mol. The van der Waals surface area contributed by atoms with E-state index in [4.69, 9.17) is 5.73 Å². The maximum Gasteiger partial charge on any atom is 0.269 e. The lowest BCUT2D eigenvalue weighted by Crippen LogP contribution is -2.45. The summed E-state index contributed by atoms with van der Waals surface area (Å²) in [6.07, 6.45) is 2.40. The van der Waals surface area contributed by atoms with Gasteiger partial charge in [-0.2, -0.15) is 0 Å². The van der Waals surface area contributed by atoms with Gasteiger partial charge in [-0.3, -0.25) is 14.2 Å². The normalized spacial score (nSPS) is 19.5. The molecule has 1 aromatic carbocycles. The first-order chi connectivity index (χ1) is 9.68. The Kier molecular flexibility index (Phi) is 2.07. The van der Waals surface area contributed by atoms with Crippen LogP contribution in [0.3, 0.4) is 0 Å². The Hall–Kier alpha value is -2.63. The fourth-order valence-electron chi connectivity index (χ4n) is 2.99. The van der Waals surface area contributed by atoms with Crippen molar-refractivity contribution in [2.75, 3.05) is 6.54 Å². The molecular weight excluding hydrogens is 256 g/mol. The topological polar surface area (TPSA) is 81.2 Å². The Balaban J connectivity index is 2.05. The van der Waals surface area contributed by atoms with Gasteiger partial charge in [-0.1, -0.05) is 12.1 Å². The van der Waals surface area contributed by atoms with Crippen LogP contribution < -0.4 is 5.73 Å².